The Labute approximate surface area is 129 Å². The molecule has 0 aromatic heterocycles. The van der Waals surface area contributed by atoms with Crippen LogP contribution in [0.4, 0.5) is 4.39 Å². The third kappa shape index (κ3) is 2.98. The molecular formula is C16H16FNO3S. The van der Waals surface area contributed by atoms with Crippen molar-refractivity contribution in [2.24, 2.45) is 0 Å². The van der Waals surface area contributed by atoms with Crippen LogP contribution in [0.25, 0.3) is 0 Å². The molecule has 0 saturated carbocycles. The van der Waals surface area contributed by atoms with Crippen molar-refractivity contribution in [3.63, 3.8) is 0 Å². The Balaban J connectivity index is 1.91. The third-order valence-electron chi connectivity index (χ3n) is 3.64. The summed E-state index contributed by atoms with van der Waals surface area (Å²) < 4.78 is 46.4. The molecule has 1 unspecified atom stereocenters. The van der Waals surface area contributed by atoms with Crippen molar-refractivity contribution in [2.75, 3.05) is 6.61 Å². The molecule has 1 aliphatic rings. The molecule has 0 fully saturated rings. The Morgan fingerprint density at radius 3 is 2.64 bits per heavy atom. The average molecular weight is 321 g/mol. The van der Waals surface area contributed by atoms with E-state index in [9.17, 15) is 12.8 Å². The fraction of sp³-hybridized carbons (Fsp3) is 0.250. The number of sulfonamides is 1. The van der Waals surface area contributed by atoms with Crippen LogP contribution < -0.4 is 9.46 Å². The van der Waals surface area contributed by atoms with Gasteiger partial charge in [-0.25, -0.2) is 17.5 Å². The zero-order chi connectivity index (χ0) is 15.7. The fourth-order valence-electron chi connectivity index (χ4n) is 2.46. The van der Waals surface area contributed by atoms with Gasteiger partial charge in [0.25, 0.3) is 0 Å². The zero-order valence-electron chi connectivity index (χ0n) is 12.0. The van der Waals surface area contributed by atoms with Gasteiger partial charge in [-0.1, -0.05) is 17.7 Å². The number of halogens is 1. The summed E-state index contributed by atoms with van der Waals surface area (Å²) >= 11 is 0. The lowest BCUT2D eigenvalue weighted by Gasteiger charge is -2.26. The maximum absolute atomic E-state index is 13.4. The number of benzene rings is 2. The molecule has 3 rings (SSSR count). The molecule has 0 spiro atoms. The molecule has 22 heavy (non-hydrogen) atoms. The Morgan fingerprint density at radius 1 is 1.18 bits per heavy atom. The molecule has 0 bridgehead atoms. The first-order chi connectivity index (χ1) is 10.5. The molecule has 2 aromatic carbocycles. The van der Waals surface area contributed by atoms with Crippen LogP contribution >= 0.6 is 0 Å². The van der Waals surface area contributed by atoms with E-state index in [1.54, 1.807) is 24.3 Å². The van der Waals surface area contributed by atoms with Gasteiger partial charge in [-0.05, 0) is 37.3 Å². The van der Waals surface area contributed by atoms with Crippen molar-refractivity contribution in [1.82, 2.24) is 4.72 Å². The summed E-state index contributed by atoms with van der Waals surface area (Å²) in [5.41, 5.74) is 1.51. The number of nitrogens with one attached hydrogen (secondary N) is 1. The van der Waals surface area contributed by atoms with Crippen LogP contribution in [0.5, 0.6) is 5.75 Å². The van der Waals surface area contributed by atoms with Gasteiger partial charge < -0.3 is 4.74 Å². The summed E-state index contributed by atoms with van der Waals surface area (Å²) in [6.45, 7) is 2.28. The SMILES string of the molecule is Cc1ccc(S(=O)(=O)NC2CCOc3ccc(F)cc32)cc1. The number of aryl methyl sites for hydroxylation is 1. The summed E-state index contributed by atoms with van der Waals surface area (Å²) in [5.74, 6) is 0.105. The van der Waals surface area contributed by atoms with Gasteiger partial charge >= 0.3 is 0 Å². The first kappa shape index (κ1) is 15.0. The molecule has 1 N–H and O–H groups in total. The Bertz CT molecular complexity index is 788. The monoisotopic (exact) mass is 321 g/mol. The van der Waals surface area contributed by atoms with Gasteiger partial charge in [0.1, 0.15) is 11.6 Å². The van der Waals surface area contributed by atoms with Gasteiger partial charge in [-0.2, -0.15) is 0 Å². The highest BCUT2D eigenvalue weighted by Gasteiger charge is 2.27. The number of ether oxygens (including phenoxy) is 1. The highest BCUT2D eigenvalue weighted by Crippen LogP contribution is 2.33. The van der Waals surface area contributed by atoms with Crippen LogP contribution in [0.3, 0.4) is 0 Å². The maximum atomic E-state index is 13.4. The molecule has 0 saturated heterocycles. The van der Waals surface area contributed by atoms with E-state index in [0.29, 0.717) is 24.3 Å². The smallest absolute Gasteiger partial charge is 0.241 e. The Morgan fingerprint density at radius 2 is 1.91 bits per heavy atom. The van der Waals surface area contributed by atoms with Crippen molar-refractivity contribution < 1.29 is 17.5 Å². The van der Waals surface area contributed by atoms with Crippen LogP contribution in [0.2, 0.25) is 0 Å². The number of rotatable bonds is 3. The molecule has 4 nitrogen and oxygen atoms in total. The van der Waals surface area contributed by atoms with Crippen LogP contribution in [-0.4, -0.2) is 15.0 Å². The lowest BCUT2D eigenvalue weighted by molar-refractivity contribution is 0.262. The molecule has 1 aliphatic heterocycles. The minimum absolute atomic E-state index is 0.197. The largest absolute Gasteiger partial charge is 0.493 e. The molecule has 0 amide bonds. The van der Waals surface area contributed by atoms with Gasteiger partial charge in [0.05, 0.1) is 17.5 Å². The molecule has 0 aliphatic carbocycles. The van der Waals surface area contributed by atoms with Crippen molar-refractivity contribution in [1.29, 1.82) is 0 Å². The molecular weight excluding hydrogens is 305 g/mol. The van der Waals surface area contributed by atoms with Crippen LogP contribution in [0.1, 0.15) is 23.6 Å². The number of hydrogen-bond donors (Lipinski definition) is 1. The van der Waals surface area contributed by atoms with E-state index in [-0.39, 0.29) is 4.90 Å². The van der Waals surface area contributed by atoms with Crippen LogP contribution in [0.15, 0.2) is 47.4 Å². The minimum atomic E-state index is -3.66. The van der Waals surface area contributed by atoms with E-state index in [1.807, 2.05) is 6.92 Å². The summed E-state index contributed by atoms with van der Waals surface area (Å²) in [5, 5.41) is 0. The van der Waals surface area contributed by atoms with Crippen LogP contribution in [0, 0.1) is 12.7 Å². The quantitative estimate of drug-likeness (QED) is 0.945. The normalized spacial score (nSPS) is 17.6. The standard InChI is InChI=1S/C16H16FNO3S/c1-11-2-5-13(6-3-11)22(19,20)18-15-8-9-21-16-7-4-12(17)10-14(15)16/h2-7,10,15,18H,8-9H2,1H3. The highest BCUT2D eigenvalue weighted by molar-refractivity contribution is 7.89. The molecule has 116 valence electrons. The van der Waals surface area contributed by atoms with Gasteiger partial charge in [-0.3, -0.25) is 0 Å². The first-order valence-electron chi connectivity index (χ1n) is 6.97. The predicted molar refractivity (Wildman–Crippen MR) is 80.8 cm³/mol. The topological polar surface area (TPSA) is 55.4 Å². The third-order valence-corrected chi connectivity index (χ3v) is 5.13. The molecule has 6 heteroatoms. The highest BCUT2D eigenvalue weighted by atomic mass is 32.2. The van der Waals surface area contributed by atoms with E-state index >= 15 is 0 Å². The van der Waals surface area contributed by atoms with E-state index < -0.39 is 21.9 Å². The molecule has 0 radical (unpaired) electrons. The van der Waals surface area contributed by atoms with Crippen LogP contribution in [-0.2, 0) is 10.0 Å². The van der Waals surface area contributed by atoms with Crippen molar-refractivity contribution >= 4 is 10.0 Å². The predicted octanol–water partition coefficient (Wildman–Crippen LogP) is 2.94. The van der Waals surface area contributed by atoms with Crippen molar-refractivity contribution in [2.45, 2.75) is 24.3 Å². The lowest BCUT2D eigenvalue weighted by Crippen LogP contribution is -2.32. The Hall–Kier alpha value is -1.92. The van der Waals surface area contributed by atoms with Gasteiger partial charge in [0.15, 0.2) is 0 Å². The second-order valence-corrected chi connectivity index (χ2v) is 7.02. The number of hydrogen-bond acceptors (Lipinski definition) is 3. The summed E-state index contributed by atoms with van der Waals surface area (Å²) in [4.78, 5) is 0.197. The summed E-state index contributed by atoms with van der Waals surface area (Å²) in [6.07, 6.45) is 0.460. The lowest BCUT2D eigenvalue weighted by atomic mass is 10.0. The first-order valence-corrected chi connectivity index (χ1v) is 8.45. The van der Waals surface area contributed by atoms with Gasteiger partial charge in [0, 0.05) is 12.0 Å². The molecule has 2 aromatic rings. The molecule has 1 atom stereocenters. The summed E-state index contributed by atoms with van der Waals surface area (Å²) in [7, 11) is -3.66. The van der Waals surface area contributed by atoms with E-state index in [4.69, 9.17) is 4.74 Å². The van der Waals surface area contributed by atoms with Gasteiger partial charge in [-0.15, -0.1) is 0 Å². The second-order valence-electron chi connectivity index (χ2n) is 5.31. The van der Waals surface area contributed by atoms with Crippen molar-refractivity contribution in [3.8, 4) is 5.75 Å². The fourth-order valence-corrected chi connectivity index (χ4v) is 3.71. The summed E-state index contributed by atoms with van der Waals surface area (Å²) in [6, 6.07) is 10.3. The average Bonchev–Trinajstić information content (AvgIpc) is 2.48. The van der Waals surface area contributed by atoms with Gasteiger partial charge in [0.2, 0.25) is 10.0 Å². The van der Waals surface area contributed by atoms with E-state index in [1.165, 1.54) is 18.2 Å². The number of fused-ring (bicyclic) bond motifs is 1. The van der Waals surface area contributed by atoms with E-state index in [0.717, 1.165) is 5.56 Å². The Kier molecular flexibility index (Phi) is 3.88. The minimum Gasteiger partial charge on any atom is -0.493 e. The molecule has 1 heterocycles. The van der Waals surface area contributed by atoms with Crippen molar-refractivity contribution in [3.05, 3.63) is 59.4 Å². The van der Waals surface area contributed by atoms with E-state index in [2.05, 4.69) is 4.72 Å². The second kappa shape index (κ2) is 5.70. The maximum Gasteiger partial charge on any atom is 0.241 e. The zero-order valence-corrected chi connectivity index (χ0v) is 12.9.